The second-order valence-electron chi connectivity index (χ2n) is 5.34. The zero-order chi connectivity index (χ0) is 18.1. The number of nitrogen functional groups attached to an aromatic ring is 1. The molecule has 0 aromatic heterocycles. The number of hydrogen-bond acceptors (Lipinski definition) is 6. The summed E-state index contributed by atoms with van der Waals surface area (Å²) in [6.45, 7) is 3.83. The van der Waals surface area contributed by atoms with Crippen LogP contribution in [-0.2, 0) is 9.53 Å². The van der Waals surface area contributed by atoms with Gasteiger partial charge >= 0.3 is 0 Å². The standard InChI is InChI=1S/C14H13N3O2.C4H9NO/c15-7-12-13(16)5-10(6-14(12)17-8-18)9-1-3-11(19)4-2-9;1-3-6-4-2-5-1/h1-8,15,19H,16H2,(H,17,18);5H,1-4H2. The Morgan fingerprint density at radius 1 is 1.16 bits per heavy atom. The van der Waals surface area contributed by atoms with Crippen LogP contribution in [0, 0.1) is 5.41 Å². The van der Waals surface area contributed by atoms with Crippen LogP contribution in [0.3, 0.4) is 0 Å². The first-order chi connectivity index (χ1) is 12.2. The number of amides is 1. The second-order valence-corrected chi connectivity index (χ2v) is 5.34. The molecule has 0 bridgehead atoms. The number of nitrogens with one attached hydrogen (secondary N) is 3. The van der Waals surface area contributed by atoms with Crippen LogP contribution in [0.5, 0.6) is 5.75 Å². The van der Waals surface area contributed by atoms with Gasteiger partial charge < -0.3 is 31.6 Å². The largest absolute Gasteiger partial charge is 0.508 e. The molecule has 1 aliphatic heterocycles. The third-order valence-corrected chi connectivity index (χ3v) is 3.62. The van der Waals surface area contributed by atoms with Crippen LogP contribution in [0.4, 0.5) is 11.4 Å². The minimum atomic E-state index is 0.180. The van der Waals surface area contributed by atoms with E-state index >= 15 is 0 Å². The van der Waals surface area contributed by atoms with Gasteiger partial charge in [0.25, 0.3) is 0 Å². The lowest BCUT2D eigenvalue weighted by Gasteiger charge is -2.11. The Morgan fingerprint density at radius 3 is 2.32 bits per heavy atom. The molecule has 0 radical (unpaired) electrons. The highest BCUT2D eigenvalue weighted by molar-refractivity contribution is 5.97. The second kappa shape index (κ2) is 9.41. The van der Waals surface area contributed by atoms with E-state index in [-0.39, 0.29) is 5.75 Å². The van der Waals surface area contributed by atoms with Gasteiger partial charge in [-0.15, -0.1) is 0 Å². The molecular formula is C18H22N4O3. The number of benzene rings is 2. The number of carbonyl (C=O) groups is 1. The molecule has 1 heterocycles. The van der Waals surface area contributed by atoms with E-state index in [9.17, 15) is 9.90 Å². The van der Waals surface area contributed by atoms with Gasteiger partial charge in [0.1, 0.15) is 5.75 Å². The lowest BCUT2D eigenvalue weighted by Crippen LogP contribution is -2.30. The fourth-order valence-corrected chi connectivity index (χ4v) is 2.36. The third kappa shape index (κ3) is 5.30. The quantitative estimate of drug-likeness (QED) is 0.330. The molecule has 0 spiro atoms. The Kier molecular flexibility index (Phi) is 6.94. The van der Waals surface area contributed by atoms with E-state index in [2.05, 4.69) is 10.6 Å². The molecule has 0 saturated carbocycles. The van der Waals surface area contributed by atoms with Crippen LogP contribution in [0.25, 0.3) is 11.1 Å². The van der Waals surface area contributed by atoms with Crippen molar-refractivity contribution in [2.75, 3.05) is 37.4 Å². The van der Waals surface area contributed by atoms with Crippen molar-refractivity contribution in [2.24, 2.45) is 0 Å². The van der Waals surface area contributed by atoms with Crippen molar-refractivity contribution >= 4 is 24.0 Å². The molecule has 1 fully saturated rings. The van der Waals surface area contributed by atoms with Crippen LogP contribution >= 0.6 is 0 Å². The molecule has 1 amide bonds. The van der Waals surface area contributed by atoms with E-state index in [0.29, 0.717) is 23.3 Å². The van der Waals surface area contributed by atoms with Crippen molar-refractivity contribution in [1.82, 2.24) is 5.32 Å². The van der Waals surface area contributed by atoms with Gasteiger partial charge in [-0.25, -0.2) is 0 Å². The number of rotatable bonds is 4. The molecule has 1 saturated heterocycles. The summed E-state index contributed by atoms with van der Waals surface area (Å²) in [6.07, 6.45) is 1.64. The summed E-state index contributed by atoms with van der Waals surface area (Å²) in [7, 11) is 0. The van der Waals surface area contributed by atoms with Gasteiger partial charge in [-0.2, -0.15) is 0 Å². The van der Waals surface area contributed by atoms with E-state index in [0.717, 1.165) is 43.6 Å². The van der Waals surface area contributed by atoms with Gasteiger partial charge in [0, 0.05) is 30.6 Å². The van der Waals surface area contributed by atoms with Crippen molar-refractivity contribution in [3.63, 3.8) is 0 Å². The molecule has 0 aliphatic carbocycles. The lowest BCUT2D eigenvalue weighted by atomic mass is 10.0. The average molecular weight is 342 g/mol. The van der Waals surface area contributed by atoms with Crippen molar-refractivity contribution in [1.29, 1.82) is 5.41 Å². The molecule has 2 aromatic carbocycles. The molecule has 132 valence electrons. The fraction of sp³-hybridized carbons (Fsp3) is 0.222. The van der Waals surface area contributed by atoms with Crippen molar-refractivity contribution < 1.29 is 14.6 Å². The first-order valence-corrected chi connectivity index (χ1v) is 7.87. The van der Waals surface area contributed by atoms with Crippen molar-refractivity contribution in [2.45, 2.75) is 0 Å². The molecule has 0 unspecified atom stereocenters. The molecule has 0 atom stereocenters. The molecule has 1 aliphatic rings. The highest BCUT2D eigenvalue weighted by atomic mass is 16.5. The normalized spacial score (nSPS) is 13.3. The van der Waals surface area contributed by atoms with Gasteiger partial charge in [0.15, 0.2) is 0 Å². The molecule has 2 aromatic rings. The van der Waals surface area contributed by atoms with Gasteiger partial charge in [0.05, 0.1) is 18.9 Å². The number of carbonyl (C=O) groups excluding carboxylic acids is 1. The number of anilines is 2. The average Bonchev–Trinajstić information content (AvgIpc) is 2.64. The summed E-state index contributed by atoms with van der Waals surface area (Å²) in [4.78, 5) is 10.6. The maximum atomic E-state index is 10.6. The molecule has 7 nitrogen and oxygen atoms in total. The van der Waals surface area contributed by atoms with Crippen LogP contribution in [0.15, 0.2) is 36.4 Å². The SMILES string of the molecule is C1COCCN1.N=Cc1c(N)cc(-c2ccc(O)cc2)cc1NC=O. The van der Waals surface area contributed by atoms with Crippen LogP contribution < -0.4 is 16.4 Å². The zero-order valence-electron chi connectivity index (χ0n) is 13.8. The predicted molar refractivity (Wildman–Crippen MR) is 99.2 cm³/mol. The monoisotopic (exact) mass is 342 g/mol. The number of morpholine rings is 1. The molecule has 25 heavy (non-hydrogen) atoms. The zero-order valence-corrected chi connectivity index (χ0v) is 13.8. The predicted octanol–water partition coefficient (Wildman–Crippen LogP) is 1.81. The van der Waals surface area contributed by atoms with Crippen LogP contribution in [0.2, 0.25) is 0 Å². The molecule has 6 N–H and O–H groups in total. The van der Waals surface area contributed by atoms with E-state index < -0.39 is 0 Å². The fourth-order valence-electron chi connectivity index (χ4n) is 2.36. The first-order valence-electron chi connectivity index (χ1n) is 7.87. The van der Waals surface area contributed by atoms with E-state index in [1.807, 2.05) is 0 Å². The number of nitrogens with two attached hydrogens (primary N) is 1. The summed E-state index contributed by atoms with van der Waals surface area (Å²) >= 11 is 0. The van der Waals surface area contributed by atoms with E-state index in [4.69, 9.17) is 15.9 Å². The number of phenolic OH excluding ortho intramolecular Hbond substituents is 1. The van der Waals surface area contributed by atoms with E-state index in [1.54, 1.807) is 36.4 Å². The summed E-state index contributed by atoms with van der Waals surface area (Å²) in [6, 6.07) is 10.1. The number of aromatic hydroxyl groups is 1. The van der Waals surface area contributed by atoms with Crippen LogP contribution in [0.1, 0.15) is 5.56 Å². The Balaban J connectivity index is 0.000000316. The smallest absolute Gasteiger partial charge is 0.211 e. The highest BCUT2D eigenvalue weighted by Crippen LogP contribution is 2.30. The van der Waals surface area contributed by atoms with Crippen molar-refractivity contribution in [3.05, 3.63) is 42.0 Å². The Morgan fingerprint density at radius 2 is 1.84 bits per heavy atom. The van der Waals surface area contributed by atoms with E-state index in [1.165, 1.54) is 0 Å². The topological polar surface area (TPSA) is 120 Å². The number of ether oxygens (including phenoxy) is 1. The number of hydrogen-bond donors (Lipinski definition) is 5. The Labute approximate surface area is 146 Å². The maximum absolute atomic E-state index is 10.6. The maximum Gasteiger partial charge on any atom is 0.211 e. The number of phenols is 1. The first kappa shape index (κ1) is 18.4. The van der Waals surface area contributed by atoms with Gasteiger partial charge in [-0.1, -0.05) is 12.1 Å². The van der Waals surface area contributed by atoms with Gasteiger partial charge in [-0.3, -0.25) is 4.79 Å². The minimum absolute atomic E-state index is 0.180. The molecule has 7 heteroatoms. The lowest BCUT2D eigenvalue weighted by molar-refractivity contribution is -0.105. The third-order valence-electron chi connectivity index (χ3n) is 3.62. The Hall–Kier alpha value is -2.90. The van der Waals surface area contributed by atoms with Gasteiger partial charge in [-0.05, 0) is 35.4 Å². The molecular weight excluding hydrogens is 320 g/mol. The summed E-state index contributed by atoms with van der Waals surface area (Å²) in [5, 5.41) is 22.3. The summed E-state index contributed by atoms with van der Waals surface area (Å²) < 4.78 is 5.01. The highest BCUT2D eigenvalue weighted by Gasteiger charge is 2.08. The minimum Gasteiger partial charge on any atom is -0.508 e. The van der Waals surface area contributed by atoms with Crippen LogP contribution in [-0.4, -0.2) is 44.0 Å². The Bertz CT molecular complexity index is 701. The summed E-state index contributed by atoms with van der Waals surface area (Å²) in [5.41, 5.74) is 8.88. The molecule has 3 rings (SSSR count). The summed E-state index contributed by atoms with van der Waals surface area (Å²) in [5.74, 6) is 0.180. The van der Waals surface area contributed by atoms with Crippen molar-refractivity contribution in [3.8, 4) is 16.9 Å². The van der Waals surface area contributed by atoms with Gasteiger partial charge in [0.2, 0.25) is 6.41 Å².